The second kappa shape index (κ2) is 12.6. The van der Waals surface area contributed by atoms with Gasteiger partial charge in [0.15, 0.2) is 8.07 Å². The Morgan fingerprint density at radius 3 is 1.24 bits per heavy atom. The Labute approximate surface area is 291 Å². The van der Waals surface area contributed by atoms with Gasteiger partial charge in [0.2, 0.25) is 0 Å². The maximum Gasteiger partial charge on any atom is 0.179 e. The predicted molar refractivity (Wildman–Crippen MR) is 204 cm³/mol. The van der Waals surface area contributed by atoms with Crippen molar-refractivity contribution in [1.82, 2.24) is 4.57 Å². The predicted octanol–water partition coefficient (Wildman–Crippen LogP) is 7.44. The van der Waals surface area contributed by atoms with Gasteiger partial charge in [0.05, 0.1) is 51.6 Å². The lowest BCUT2D eigenvalue weighted by Gasteiger charge is -2.34. The van der Waals surface area contributed by atoms with Crippen molar-refractivity contribution in [3.8, 4) is 35.0 Å². The molecule has 1 heterocycles. The Morgan fingerprint density at radius 2 is 0.800 bits per heavy atom. The van der Waals surface area contributed by atoms with E-state index in [1.807, 2.05) is 54.6 Å². The first-order valence-electron chi connectivity index (χ1n) is 16.4. The molecule has 0 fully saturated rings. The molecule has 50 heavy (non-hydrogen) atoms. The van der Waals surface area contributed by atoms with Gasteiger partial charge in [-0.05, 0) is 74.8 Å². The summed E-state index contributed by atoms with van der Waals surface area (Å²) in [5.41, 5.74) is 6.26. The van der Waals surface area contributed by atoms with E-state index in [1.165, 1.54) is 20.7 Å². The third-order valence-electron chi connectivity index (χ3n) is 9.64. The van der Waals surface area contributed by atoms with Crippen molar-refractivity contribution in [2.45, 2.75) is 0 Å². The molecule has 0 aliphatic heterocycles. The van der Waals surface area contributed by atoms with Crippen LogP contribution in [0.5, 0.6) is 0 Å². The molecule has 0 unspecified atom stereocenters. The van der Waals surface area contributed by atoms with Crippen LogP contribution >= 0.6 is 0 Å². The molecule has 0 N–H and O–H groups in total. The quantitative estimate of drug-likeness (QED) is 0.138. The van der Waals surface area contributed by atoms with E-state index in [9.17, 15) is 15.8 Å². The van der Waals surface area contributed by atoms with Gasteiger partial charge in [-0.3, -0.25) is 0 Å². The van der Waals surface area contributed by atoms with Crippen LogP contribution in [0.15, 0.2) is 170 Å². The number of rotatable bonds is 6. The van der Waals surface area contributed by atoms with E-state index >= 15 is 0 Å². The number of nitrogens with zero attached hydrogens (tertiary/aromatic N) is 4. The van der Waals surface area contributed by atoms with Gasteiger partial charge in [0.1, 0.15) is 0 Å². The number of fused-ring (bicyclic) bond motifs is 3. The highest BCUT2D eigenvalue weighted by atomic mass is 28.3. The molecule has 232 valence electrons. The van der Waals surface area contributed by atoms with Crippen molar-refractivity contribution in [2.24, 2.45) is 0 Å². The lowest BCUT2D eigenvalue weighted by molar-refractivity contribution is 1.18. The molecule has 0 aliphatic carbocycles. The summed E-state index contributed by atoms with van der Waals surface area (Å²) in [7, 11) is -2.70. The molecule has 0 saturated carbocycles. The first-order chi connectivity index (χ1) is 24.6. The van der Waals surface area contributed by atoms with Crippen molar-refractivity contribution < 1.29 is 0 Å². The normalized spacial score (nSPS) is 11.1. The van der Waals surface area contributed by atoms with Gasteiger partial charge in [-0.15, -0.1) is 0 Å². The largest absolute Gasteiger partial charge is 0.309 e. The minimum absolute atomic E-state index is 0.543. The summed E-state index contributed by atoms with van der Waals surface area (Å²) in [6, 6.07) is 65.4. The van der Waals surface area contributed by atoms with Gasteiger partial charge in [0.25, 0.3) is 0 Å². The van der Waals surface area contributed by atoms with Gasteiger partial charge in [0, 0.05) is 16.3 Å². The van der Waals surface area contributed by atoms with Crippen molar-refractivity contribution in [3.63, 3.8) is 0 Å². The van der Waals surface area contributed by atoms with Crippen LogP contribution in [0.3, 0.4) is 0 Å². The Kier molecular flexibility index (Phi) is 7.63. The molecule has 5 heteroatoms. The van der Waals surface area contributed by atoms with Crippen molar-refractivity contribution in [3.05, 3.63) is 187 Å². The fourth-order valence-electron chi connectivity index (χ4n) is 7.42. The summed E-state index contributed by atoms with van der Waals surface area (Å²) in [5.74, 6) is 0. The van der Waals surface area contributed by atoms with Crippen molar-refractivity contribution in [1.29, 1.82) is 15.8 Å². The number of benzene rings is 7. The van der Waals surface area contributed by atoms with E-state index in [0.717, 1.165) is 38.6 Å². The molecular formula is C45H28N4Si. The van der Waals surface area contributed by atoms with E-state index in [1.54, 1.807) is 0 Å². The van der Waals surface area contributed by atoms with Crippen molar-refractivity contribution >= 4 is 50.6 Å². The zero-order valence-corrected chi connectivity index (χ0v) is 28.0. The third-order valence-corrected chi connectivity index (χ3v) is 14.4. The van der Waals surface area contributed by atoms with E-state index in [-0.39, 0.29) is 0 Å². The highest BCUT2D eigenvalue weighted by Gasteiger charge is 2.41. The summed E-state index contributed by atoms with van der Waals surface area (Å²) in [5, 5.41) is 36.4. The molecule has 8 aromatic rings. The SMILES string of the molecule is N#Cc1ccc(-c2ccc([Si](c3ccccc3)(c3ccccc3)c3ccccc3)cc2)c(-n2c3ccc(C#N)cc3c3cc(C#N)ccc32)c1. The Morgan fingerprint density at radius 1 is 0.400 bits per heavy atom. The van der Waals surface area contributed by atoms with E-state index < -0.39 is 8.07 Å². The van der Waals surface area contributed by atoms with Gasteiger partial charge < -0.3 is 4.57 Å². The van der Waals surface area contributed by atoms with E-state index in [4.69, 9.17) is 0 Å². The number of nitriles is 3. The summed E-state index contributed by atoms with van der Waals surface area (Å²) >= 11 is 0. The molecule has 0 radical (unpaired) electrons. The lowest BCUT2D eigenvalue weighted by atomic mass is 10.0. The maximum atomic E-state index is 10.0. The van der Waals surface area contributed by atoms with Gasteiger partial charge in [-0.2, -0.15) is 15.8 Å². The molecular weight excluding hydrogens is 625 g/mol. The molecule has 4 nitrogen and oxygen atoms in total. The highest BCUT2D eigenvalue weighted by Crippen LogP contribution is 2.37. The summed E-state index contributed by atoms with van der Waals surface area (Å²) in [6.45, 7) is 0. The van der Waals surface area contributed by atoms with Crippen LogP contribution in [-0.2, 0) is 0 Å². The zero-order chi connectivity index (χ0) is 34.1. The molecule has 7 aromatic carbocycles. The Bertz CT molecular complexity index is 2490. The lowest BCUT2D eigenvalue weighted by Crippen LogP contribution is -2.74. The Balaban J connectivity index is 1.37. The van der Waals surface area contributed by atoms with Crippen molar-refractivity contribution in [2.75, 3.05) is 0 Å². The molecule has 0 saturated heterocycles. The summed E-state index contributed by atoms with van der Waals surface area (Å²) in [4.78, 5) is 0. The van der Waals surface area contributed by atoms with E-state index in [0.29, 0.717) is 16.7 Å². The number of hydrogen-bond acceptors (Lipinski definition) is 3. The minimum Gasteiger partial charge on any atom is -0.309 e. The molecule has 1 aromatic heterocycles. The molecule has 0 amide bonds. The second-order valence-corrected chi connectivity index (χ2v) is 16.1. The third kappa shape index (κ3) is 4.88. The average molecular weight is 653 g/mol. The monoisotopic (exact) mass is 652 g/mol. The second-order valence-electron chi connectivity index (χ2n) is 12.3. The smallest absolute Gasteiger partial charge is 0.179 e. The highest BCUT2D eigenvalue weighted by molar-refractivity contribution is 7.19. The van der Waals surface area contributed by atoms with Crippen LogP contribution in [0.4, 0.5) is 0 Å². The van der Waals surface area contributed by atoms with Gasteiger partial charge >= 0.3 is 0 Å². The average Bonchev–Trinajstić information content (AvgIpc) is 3.52. The van der Waals surface area contributed by atoms with Gasteiger partial charge in [-0.1, -0.05) is 121 Å². The number of aromatic nitrogens is 1. The van der Waals surface area contributed by atoms with Gasteiger partial charge in [-0.25, -0.2) is 0 Å². The standard InChI is InChI=1S/C45H28N4Si/c46-29-32-17-24-43-41(26-32)42-27-33(30-47)18-25-44(42)49(43)45-28-34(31-48)16-23-40(45)35-19-21-39(22-20-35)50(36-10-4-1-5-11-36,37-12-6-2-7-13-37)38-14-8-3-9-15-38/h1-28H. The molecule has 8 rings (SSSR count). The maximum absolute atomic E-state index is 10.0. The first-order valence-corrected chi connectivity index (χ1v) is 18.4. The van der Waals surface area contributed by atoms with Crippen LogP contribution in [0, 0.1) is 34.0 Å². The topological polar surface area (TPSA) is 76.3 Å². The summed E-state index contributed by atoms with van der Waals surface area (Å²) < 4.78 is 2.15. The fraction of sp³-hybridized carbons (Fsp3) is 0. The zero-order valence-electron chi connectivity index (χ0n) is 27.0. The Hall–Kier alpha value is -6.97. The van der Waals surface area contributed by atoms with Crippen LogP contribution in [0.1, 0.15) is 16.7 Å². The van der Waals surface area contributed by atoms with Crippen LogP contribution in [0.25, 0.3) is 38.6 Å². The van der Waals surface area contributed by atoms with Crippen LogP contribution < -0.4 is 20.7 Å². The van der Waals surface area contributed by atoms with Crippen LogP contribution in [-0.4, -0.2) is 12.6 Å². The summed E-state index contributed by atoms with van der Waals surface area (Å²) in [6.07, 6.45) is 0. The molecule has 0 spiro atoms. The molecule has 0 aliphatic rings. The first kappa shape index (κ1) is 30.4. The number of hydrogen-bond donors (Lipinski definition) is 0. The molecule has 0 atom stereocenters. The van der Waals surface area contributed by atoms with E-state index in [2.05, 4.69) is 138 Å². The van der Waals surface area contributed by atoms with Crippen LogP contribution in [0.2, 0.25) is 0 Å². The molecule has 0 bridgehead atoms. The fourth-order valence-corrected chi connectivity index (χ4v) is 12.2. The minimum atomic E-state index is -2.70.